The maximum atomic E-state index is 12.0. The number of fused-ring (bicyclic) bond motifs is 2. The summed E-state index contributed by atoms with van der Waals surface area (Å²) < 4.78 is 19.0. The molecule has 0 spiro atoms. The van der Waals surface area contributed by atoms with Crippen LogP contribution in [0, 0.1) is 0 Å². The zero-order valence-corrected chi connectivity index (χ0v) is 21.5. The second kappa shape index (κ2) is 10.5. The fourth-order valence-electron chi connectivity index (χ4n) is 4.80. The molecule has 1 amide bonds. The lowest BCUT2D eigenvalue weighted by Gasteiger charge is -2.31. The highest BCUT2D eigenvalue weighted by Gasteiger charge is 2.23. The lowest BCUT2D eigenvalue weighted by molar-refractivity contribution is 0.122. The molecule has 0 atom stereocenters. The Bertz CT molecular complexity index is 1430. The number of hydrogen-bond donors (Lipinski definition) is 3. The van der Waals surface area contributed by atoms with Gasteiger partial charge in [-0.15, -0.1) is 11.3 Å². The van der Waals surface area contributed by atoms with Gasteiger partial charge < -0.3 is 14.2 Å². The molecule has 194 valence electrons. The molecule has 37 heavy (non-hydrogen) atoms. The molecule has 0 aliphatic carbocycles. The van der Waals surface area contributed by atoms with E-state index < -0.39 is 6.03 Å². The molecule has 0 radical (unpaired) electrons. The van der Waals surface area contributed by atoms with Gasteiger partial charge in [0.1, 0.15) is 0 Å². The van der Waals surface area contributed by atoms with Gasteiger partial charge in [-0.05, 0) is 12.1 Å². The molecule has 3 aromatic heterocycles. The highest BCUT2D eigenvalue weighted by molar-refractivity contribution is 7.91. The smallest absolute Gasteiger partial charge is 0.366 e. The van der Waals surface area contributed by atoms with Crippen LogP contribution in [0.3, 0.4) is 0 Å². The van der Waals surface area contributed by atoms with Crippen molar-refractivity contribution in [1.82, 2.24) is 34.4 Å². The number of morpholine rings is 1. The summed E-state index contributed by atoms with van der Waals surface area (Å²) >= 11 is 2.54. The molecule has 4 aromatic rings. The SMILES string of the molecule is O=C(NO)n1ncc2c(-c3nc(N4CCOCC4)c4sc(CN5CCN(SO)CC5)cc4n3)cccc21. The van der Waals surface area contributed by atoms with Crippen LogP contribution in [-0.2, 0) is 11.3 Å². The molecule has 6 rings (SSSR count). The van der Waals surface area contributed by atoms with Crippen molar-refractivity contribution in [2.24, 2.45) is 0 Å². The predicted octanol–water partition coefficient (Wildman–Crippen LogP) is 2.73. The second-order valence-electron chi connectivity index (χ2n) is 8.90. The van der Waals surface area contributed by atoms with E-state index in [-0.39, 0.29) is 0 Å². The van der Waals surface area contributed by atoms with Gasteiger partial charge in [0.25, 0.3) is 0 Å². The van der Waals surface area contributed by atoms with E-state index in [1.54, 1.807) is 29.1 Å². The fraction of sp³-hybridized carbons (Fsp3) is 0.391. The van der Waals surface area contributed by atoms with E-state index in [4.69, 9.17) is 19.9 Å². The number of ether oxygens (including phenoxy) is 1. The molecule has 2 aliphatic heterocycles. The van der Waals surface area contributed by atoms with Gasteiger partial charge in [0.05, 0.1) is 47.4 Å². The first-order chi connectivity index (χ1) is 18.1. The third-order valence-electron chi connectivity index (χ3n) is 6.68. The van der Waals surface area contributed by atoms with Crippen molar-refractivity contribution >= 4 is 56.5 Å². The van der Waals surface area contributed by atoms with E-state index >= 15 is 0 Å². The van der Waals surface area contributed by atoms with Gasteiger partial charge in [-0.2, -0.15) is 9.78 Å². The van der Waals surface area contributed by atoms with Gasteiger partial charge in [-0.1, -0.05) is 12.1 Å². The van der Waals surface area contributed by atoms with E-state index in [9.17, 15) is 9.35 Å². The van der Waals surface area contributed by atoms with Crippen LogP contribution >= 0.6 is 23.6 Å². The highest BCUT2D eigenvalue weighted by Crippen LogP contribution is 2.36. The number of hydrogen-bond acceptors (Lipinski definition) is 12. The maximum Gasteiger partial charge on any atom is 0.366 e. The molecule has 0 saturated carbocycles. The molecule has 1 aromatic carbocycles. The summed E-state index contributed by atoms with van der Waals surface area (Å²) in [4.78, 5) is 27.9. The second-order valence-corrected chi connectivity index (χ2v) is 10.7. The van der Waals surface area contributed by atoms with Gasteiger partial charge in [-0.3, -0.25) is 10.1 Å². The average Bonchev–Trinajstić information content (AvgIpc) is 3.57. The van der Waals surface area contributed by atoms with Crippen molar-refractivity contribution in [2.45, 2.75) is 6.54 Å². The summed E-state index contributed by atoms with van der Waals surface area (Å²) in [7, 11) is 0. The standard InChI is InChI=1S/C23H26N8O4S2/c32-23(27-33)31-19-3-1-2-16(17(19)13-24-31)21-25-18-12-15(14-28-4-6-30(37-34)7-5-28)36-20(18)22(26-21)29-8-10-35-11-9-29/h1-3,12-13,33-34H,4-11,14H2,(H,27,32). The number of nitrogens with zero attached hydrogens (tertiary/aromatic N) is 7. The number of carbonyl (C=O) groups excluding carboxylic acids is 1. The first-order valence-corrected chi connectivity index (χ1v) is 13.5. The molecule has 2 aliphatic rings. The van der Waals surface area contributed by atoms with Crippen molar-refractivity contribution in [2.75, 3.05) is 57.4 Å². The van der Waals surface area contributed by atoms with Gasteiger partial charge in [0.15, 0.2) is 11.6 Å². The minimum Gasteiger partial charge on any atom is -0.378 e. The van der Waals surface area contributed by atoms with Crippen molar-refractivity contribution < 1.29 is 19.3 Å². The van der Waals surface area contributed by atoms with E-state index in [0.29, 0.717) is 29.9 Å². The monoisotopic (exact) mass is 542 g/mol. The minimum atomic E-state index is -0.738. The van der Waals surface area contributed by atoms with Crippen molar-refractivity contribution in [3.8, 4) is 11.4 Å². The molecule has 14 heteroatoms. The quantitative estimate of drug-likeness (QED) is 0.149. The number of rotatable bonds is 5. The molecule has 0 bridgehead atoms. The van der Waals surface area contributed by atoms with E-state index in [1.807, 2.05) is 16.4 Å². The Morgan fingerprint density at radius 1 is 1.14 bits per heavy atom. The maximum absolute atomic E-state index is 12.0. The van der Waals surface area contributed by atoms with Crippen LogP contribution < -0.4 is 10.4 Å². The van der Waals surface area contributed by atoms with Gasteiger partial charge in [0, 0.05) is 61.6 Å². The number of nitrogens with one attached hydrogen (secondary N) is 1. The molecule has 0 unspecified atom stereocenters. The van der Waals surface area contributed by atoms with Crippen molar-refractivity contribution in [3.05, 3.63) is 35.3 Å². The largest absolute Gasteiger partial charge is 0.378 e. The molecular weight excluding hydrogens is 516 g/mol. The molecule has 3 N–H and O–H groups in total. The average molecular weight is 543 g/mol. The molecule has 5 heterocycles. The Labute approximate surface area is 220 Å². The van der Waals surface area contributed by atoms with Crippen LogP contribution in [0.5, 0.6) is 0 Å². The van der Waals surface area contributed by atoms with Gasteiger partial charge in [0.2, 0.25) is 0 Å². The molecule has 2 saturated heterocycles. The van der Waals surface area contributed by atoms with Gasteiger partial charge >= 0.3 is 6.03 Å². The van der Waals surface area contributed by atoms with Crippen molar-refractivity contribution in [1.29, 1.82) is 0 Å². The minimum absolute atomic E-state index is 0.548. The lowest BCUT2D eigenvalue weighted by atomic mass is 10.1. The van der Waals surface area contributed by atoms with Crippen LogP contribution in [0.2, 0.25) is 0 Å². The Kier molecular flexibility index (Phi) is 6.94. The van der Waals surface area contributed by atoms with Crippen LogP contribution in [0.15, 0.2) is 30.5 Å². The number of amides is 1. The lowest BCUT2D eigenvalue weighted by Crippen LogP contribution is -2.42. The highest BCUT2D eigenvalue weighted by atomic mass is 32.2. The number of anilines is 1. The normalized spacial score (nSPS) is 17.6. The number of piperazine rings is 1. The van der Waals surface area contributed by atoms with Crippen LogP contribution in [0.4, 0.5) is 10.6 Å². The van der Waals surface area contributed by atoms with E-state index in [0.717, 1.165) is 84.3 Å². The fourth-order valence-corrected chi connectivity index (χ4v) is 6.28. The molecular formula is C23H26N8O4S2. The zero-order chi connectivity index (χ0) is 25.4. The number of carbonyl (C=O) groups is 1. The Balaban J connectivity index is 1.41. The Hall–Kier alpha value is -2.85. The van der Waals surface area contributed by atoms with Crippen molar-refractivity contribution in [3.63, 3.8) is 0 Å². The third kappa shape index (κ3) is 4.77. The topological polar surface area (TPSA) is 132 Å². The molecule has 2 fully saturated rings. The number of benzene rings is 1. The number of hydroxylamine groups is 1. The summed E-state index contributed by atoms with van der Waals surface area (Å²) in [6.07, 6.45) is 1.59. The first kappa shape index (κ1) is 24.5. The zero-order valence-electron chi connectivity index (χ0n) is 19.9. The third-order valence-corrected chi connectivity index (χ3v) is 8.39. The Morgan fingerprint density at radius 2 is 1.95 bits per heavy atom. The van der Waals surface area contributed by atoms with E-state index in [2.05, 4.69) is 21.0 Å². The number of thiophene rings is 1. The Morgan fingerprint density at radius 3 is 2.70 bits per heavy atom. The van der Waals surface area contributed by atoms with Crippen LogP contribution in [0.1, 0.15) is 4.88 Å². The summed E-state index contributed by atoms with van der Waals surface area (Å²) in [5, 5.41) is 13.9. The summed E-state index contributed by atoms with van der Waals surface area (Å²) in [5.41, 5.74) is 3.82. The summed E-state index contributed by atoms with van der Waals surface area (Å²) in [6, 6.07) is 6.91. The molecule has 12 nitrogen and oxygen atoms in total. The van der Waals surface area contributed by atoms with E-state index in [1.165, 1.54) is 4.88 Å². The predicted molar refractivity (Wildman–Crippen MR) is 142 cm³/mol. The first-order valence-electron chi connectivity index (χ1n) is 12.0. The van der Waals surface area contributed by atoms with Crippen LogP contribution in [0.25, 0.3) is 32.5 Å². The summed E-state index contributed by atoms with van der Waals surface area (Å²) in [5.74, 6) is 1.44. The number of aromatic nitrogens is 4. The van der Waals surface area contributed by atoms with Crippen LogP contribution in [-0.4, -0.2) is 97.2 Å². The van der Waals surface area contributed by atoms with Gasteiger partial charge in [-0.25, -0.2) is 24.5 Å². The summed E-state index contributed by atoms with van der Waals surface area (Å²) in [6.45, 7) is 7.03.